The van der Waals surface area contributed by atoms with Crippen molar-refractivity contribution in [1.82, 2.24) is 4.90 Å². The van der Waals surface area contributed by atoms with Crippen molar-refractivity contribution in [1.29, 1.82) is 0 Å². The number of aromatic hydroxyl groups is 1. The Balaban J connectivity index is 2.16. The van der Waals surface area contributed by atoms with Gasteiger partial charge in [-0.1, -0.05) is 0 Å². The Hall–Kier alpha value is -1.71. The summed E-state index contributed by atoms with van der Waals surface area (Å²) in [6, 6.07) is 4.82. The molecule has 2 rings (SSSR count). The van der Waals surface area contributed by atoms with Crippen molar-refractivity contribution in [3.8, 4) is 11.5 Å². The van der Waals surface area contributed by atoms with Crippen molar-refractivity contribution < 1.29 is 14.6 Å². The minimum atomic E-state index is -0.0131. The number of rotatable bonds is 3. The minimum absolute atomic E-state index is 0.0131. The van der Waals surface area contributed by atoms with Crippen LogP contribution >= 0.6 is 0 Å². The molecule has 1 N–H and O–H groups in total. The normalized spacial score (nSPS) is 15.0. The van der Waals surface area contributed by atoms with Crippen LogP contribution in [0.1, 0.15) is 30.1 Å². The summed E-state index contributed by atoms with van der Waals surface area (Å²) in [5.41, 5.74) is 0.521. The standard InChI is InChI=1S/C13H17NO3/c1-2-17-12-6-5-10(9-11(12)15)13(16)14-7-3-4-8-14/h5-6,9,15H,2-4,7-8H2,1H3. The van der Waals surface area contributed by atoms with Gasteiger partial charge in [0, 0.05) is 18.7 Å². The maximum atomic E-state index is 12.0. The summed E-state index contributed by atoms with van der Waals surface area (Å²) in [5, 5.41) is 9.72. The topological polar surface area (TPSA) is 49.8 Å². The Morgan fingerprint density at radius 2 is 2.12 bits per heavy atom. The number of amides is 1. The molecule has 0 radical (unpaired) electrons. The van der Waals surface area contributed by atoms with Gasteiger partial charge in [0.15, 0.2) is 11.5 Å². The second-order valence-electron chi connectivity index (χ2n) is 4.11. The van der Waals surface area contributed by atoms with Gasteiger partial charge in [0.25, 0.3) is 5.91 Å². The highest BCUT2D eigenvalue weighted by molar-refractivity contribution is 5.95. The summed E-state index contributed by atoms with van der Waals surface area (Å²) in [5.74, 6) is 0.434. The van der Waals surface area contributed by atoms with E-state index in [2.05, 4.69) is 0 Å². The van der Waals surface area contributed by atoms with Crippen LogP contribution in [0.25, 0.3) is 0 Å². The average molecular weight is 235 g/mol. The van der Waals surface area contributed by atoms with E-state index in [9.17, 15) is 9.90 Å². The Kier molecular flexibility index (Phi) is 3.52. The van der Waals surface area contributed by atoms with E-state index < -0.39 is 0 Å². The Morgan fingerprint density at radius 3 is 2.71 bits per heavy atom. The highest BCUT2D eigenvalue weighted by Gasteiger charge is 2.20. The Bertz CT molecular complexity index is 411. The molecular weight excluding hydrogens is 218 g/mol. The number of carbonyl (C=O) groups is 1. The molecule has 1 aliphatic rings. The molecule has 1 amide bonds. The van der Waals surface area contributed by atoms with E-state index in [1.54, 1.807) is 12.1 Å². The molecule has 0 spiro atoms. The Labute approximate surface area is 101 Å². The van der Waals surface area contributed by atoms with E-state index in [1.807, 2.05) is 11.8 Å². The molecule has 1 fully saturated rings. The summed E-state index contributed by atoms with van der Waals surface area (Å²) in [7, 11) is 0. The molecule has 1 saturated heterocycles. The second-order valence-corrected chi connectivity index (χ2v) is 4.11. The average Bonchev–Trinajstić information content (AvgIpc) is 2.84. The first-order valence-electron chi connectivity index (χ1n) is 5.97. The van der Waals surface area contributed by atoms with Gasteiger partial charge in [-0.05, 0) is 38.0 Å². The lowest BCUT2D eigenvalue weighted by Crippen LogP contribution is -2.27. The number of likely N-dealkylation sites (tertiary alicyclic amines) is 1. The minimum Gasteiger partial charge on any atom is -0.504 e. The molecule has 1 aliphatic heterocycles. The van der Waals surface area contributed by atoms with Crippen LogP contribution in [-0.2, 0) is 0 Å². The van der Waals surface area contributed by atoms with Crippen LogP contribution in [0.2, 0.25) is 0 Å². The largest absolute Gasteiger partial charge is 0.504 e. The molecule has 0 aromatic heterocycles. The number of phenolic OH excluding ortho intramolecular Hbond substituents is 1. The number of hydrogen-bond acceptors (Lipinski definition) is 3. The maximum Gasteiger partial charge on any atom is 0.253 e. The summed E-state index contributed by atoms with van der Waals surface area (Å²) < 4.78 is 5.22. The number of phenols is 1. The summed E-state index contributed by atoms with van der Waals surface area (Å²) >= 11 is 0. The molecule has 1 aromatic rings. The third-order valence-corrected chi connectivity index (χ3v) is 2.90. The lowest BCUT2D eigenvalue weighted by atomic mass is 10.2. The first-order chi connectivity index (χ1) is 8.22. The van der Waals surface area contributed by atoms with Crippen LogP contribution in [0.4, 0.5) is 0 Å². The van der Waals surface area contributed by atoms with Crippen molar-refractivity contribution in [2.75, 3.05) is 19.7 Å². The number of nitrogens with zero attached hydrogens (tertiary/aromatic N) is 1. The van der Waals surface area contributed by atoms with Crippen molar-refractivity contribution in [2.45, 2.75) is 19.8 Å². The number of hydrogen-bond donors (Lipinski definition) is 1. The van der Waals surface area contributed by atoms with E-state index in [4.69, 9.17) is 4.74 Å². The van der Waals surface area contributed by atoms with E-state index >= 15 is 0 Å². The predicted octanol–water partition coefficient (Wildman–Crippen LogP) is 2.03. The van der Waals surface area contributed by atoms with Crippen molar-refractivity contribution in [2.24, 2.45) is 0 Å². The number of benzene rings is 1. The molecule has 1 aromatic carbocycles. The molecule has 0 aliphatic carbocycles. The van der Waals surface area contributed by atoms with Gasteiger partial charge in [-0.3, -0.25) is 4.79 Å². The van der Waals surface area contributed by atoms with Crippen LogP contribution in [-0.4, -0.2) is 35.6 Å². The zero-order valence-corrected chi connectivity index (χ0v) is 9.98. The van der Waals surface area contributed by atoms with Crippen LogP contribution in [0, 0.1) is 0 Å². The van der Waals surface area contributed by atoms with Crippen LogP contribution in [0.3, 0.4) is 0 Å². The SMILES string of the molecule is CCOc1ccc(C(=O)N2CCCC2)cc1O. The first kappa shape index (κ1) is 11.8. The molecule has 4 heteroatoms. The summed E-state index contributed by atoms with van der Waals surface area (Å²) in [4.78, 5) is 13.9. The van der Waals surface area contributed by atoms with Gasteiger partial charge in [-0.25, -0.2) is 0 Å². The fourth-order valence-electron chi connectivity index (χ4n) is 2.03. The van der Waals surface area contributed by atoms with Gasteiger partial charge in [0.1, 0.15) is 0 Å². The molecule has 1 heterocycles. The van der Waals surface area contributed by atoms with E-state index in [1.165, 1.54) is 6.07 Å². The van der Waals surface area contributed by atoms with Gasteiger partial charge >= 0.3 is 0 Å². The first-order valence-corrected chi connectivity index (χ1v) is 5.97. The van der Waals surface area contributed by atoms with E-state index in [0.29, 0.717) is 17.9 Å². The van der Waals surface area contributed by atoms with Gasteiger partial charge in [-0.2, -0.15) is 0 Å². The van der Waals surface area contributed by atoms with Crippen LogP contribution in [0.5, 0.6) is 11.5 Å². The van der Waals surface area contributed by atoms with Gasteiger partial charge in [-0.15, -0.1) is 0 Å². The summed E-state index contributed by atoms with van der Waals surface area (Å²) in [6.07, 6.45) is 2.13. The molecule has 92 valence electrons. The van der Waals surface area contributed by atoms with Crippen LogP contribution < -0.4 is 4.74 Å². The maximum absolute atomic E-state index is 12.0. The highest BCUT2D eigenvalue weighted by Crippen LogP contribution is 2.27. The lowest BCUT2D eigenvalue weighted by molar-refractivity contribution is 0.0792. The number of ether oxygens (including phenoxy) is 1. The van der Waals surface area contributed by atoms with Gasteiger partial charge < -0.3 is 14.7 Å². The fourth-order valence-corrected chi connectivity index (χ4v) is 2.03. The number of carbonyl (C=O) groups excluding carboxylic acids is 1. The second kappa shape index (κ2) is 5.08. The van der Waals surface area contributed by atoms with Gasteiger partial charge in [0.05, 0.1) is 6.61 Å². The van der Waals surface area contributed by atoms with Crippen molar-refractivity contribution >= 4 is 5.91 Å². The van der Waals surface area contributed by atoms with Gasteiger partial charge in [0.2, 0.25) is 0 Å². The van der Waals surface area contributed by atoms with E-state index in [0.717, 1.165) is 25.9 Å². The Morgan fingerprint density at radius 1 is 1.41 bits per heavy atom. The zero-order chi connectivity index (χ0) is 12.3. The van der Waals surface area contributed by atoms with Crippen molar-refractivity contribution in [3.05, 3.63) is 23.8 Å². The fraction of sp³-hybridized carbons (Fsp3) is 0.462. The summed E-state index contributed by atoms with van der Waals surface area (Å²) in [6.45, 7) is 3.97. The monoisotopic (exact) mass is 235 g/mol. The quantitative estimate of drug-likeness (QED) is 0.872. The third-order valence-electron chi connectivity index (χ3n) is 2.90. The molecule has 4 nitrogen and oxygen atoms in total. The zero-order valence-electron chi connectivity index (χ0n) is 9.98. The predicted molar refractivity (Wildman–Crippen MR) is 64.4 cm³/mol. The van der Waals surface area contributed by atoms with Crippen molar-refractivity contribution in [3.63, 3.8) is 0 Å². The third kappa shape index (κ3) is 2.52. The molecule has 17 heavy (non-hydrogen) atoms. The molecule has 0 unspecified atom stereocenters. The molecule has 0 saturated carbocycles. The molecular formula is C13H17NO3. The lowest BCUT2D eigenvalue weighted by Gasteiger charge is -2.15. The smallest absolute Gasteiger partial charge is 0.253 e. The molecule has 0 atom stereocenters. The molecule has 0 bridgehead atoms. The highest BCUT2D eigenvalue weighted by atomic mass is 16.5. The van der Waals surface area contributed by atoms with E-state index in [-0.39, 0.29) is 11.7 Å². The van der Waals surface area contributed by atoms with Crippen LogP contribution in [0.15, 0.2) is 18.2 Å².